The number of hydrogen-bond acceptors (Lipinski definition) is 5. The van der Waals surface area contributed by atoms with Crippen LogP contribution in [-0.2, 0) is 14.8 Å². The molecule has 0 aromatic carbocycles. The van der Waals surface area contributed by atoms with Crippen molar-refractivity contribution in [1.29, 1.82) is 0 Å². The molecule has 1 aliphatic rings. The number of hydrogen-bond donors (Lipinski definition) is 3. The highest BCUT2D eigenvalue weighted by Crippen LogP contribution is 2.19. The Morgan fingerprint density at radius 2 is 2.20 bits per heavy atom. The number of carbonyl (C=O) groups excluding carboxylic acids is 1. The number of nitrogens with one attached hydrogen (secondary N) is 3. The summed E-state index contributed by atoms with van der Waals surface area (Å²) in [5.74, 6) is -0.0323. The Morgan fingerprint density at radius 1 is 1.45 bits per heavy atom. The smallest absolute Gasteiger partial charge is 0.244 e. The zero-order valence-electron chi connectivity index (χ0n) is 11.2. The number of carbonyl (C=O) groups is 1. The zero-order valence-corrected chi connectivity index (χ0v) is 12.0. The van der Waals surface area contributed by atoms with Crippen LogP contribution >= 0.6 is 0 Å². The highest BCUT2D eigenvalue weighted by molar-refractivity contribution is 7.89. The first kappa shape index (κ1) is 14.7. The van der Waals surface area contributed by atoms with E-state index in [0.717, 1.165) is 12.8 Å². The molecule has 110 valence electrons. The van der Waals surface area contributed by atoms with E-state index in [1.165, 1.54) is 12.3 Å². The Labute approximate surface area is 118 Å². The van der Waals surface area contributed by atoms with E-state index < -0.39 is 10.0 Å². The van der Waals surface area contributed by atoms with Gasteiger partial charge in [-0.3, -0.25) is 4.79 Å². The summed E-state index contributed by atoms with van der Waals surface area (Å²) < 4.78 is 26.6. The summed E-state index contributed by atoms with van der Waals surface area (Å²) in [5.41, 5.74) is 0. The zero-order chi connectivity index (χ0) is 14.6. The van der Waals surface area contributed by atoms with Crippen molar-refractivity contribution in [3.63, 3.8) is 0 Å². The van der Waals surface area contributed by atoms with Crippen LogP contribution in [0.2, 0.25) is 0 Å². The third-order valence-corrected chi connectivity index (χ3v) is 4.20. The van der Waals surface area contributed by atoms with E-state index in [9.17, 15) is 13.2 Å². The van der Waals surface area contributed by atoms with E-state index in [4.69, 9.17) is 0 Å². The Morgan fingerprint density at radius 3 is 2.85 bits per heavy atom. The normalized spacial score (nSPS) is 14.8. The lowest BCUT2D eigenvalue weighted by molar-refractivity contribution is -0.120. The maximum absolute atomic E-state index is 12.2. The molecule has 0 atom stereocenters. The van der Waals surface area contributed by atoms with Crippen molar-refractivity contribution < 1.29 is 13.2 Å². The molecular weight excluding hydrogens is 280 g/mol. The molecule has 0 spiro atoms. The van der Waals surface area contributed by atoms with E-state index in [1.807, 2.05) is 6.92 Å². The molecule has 1 fully saturated rings. The molecule has 1 heterocycles. The summed E-state index contributed by atoms with van der Waals surface area (Å²) in [6.45, 7) is 2.14. The molecule has 7 nitrogen and oxygen atoms in total. The van der Waals surface area contributed by atoms with E-state index >= 15 is 0 Å². The molecule has 0 aliphatic heterocycles. The fourth-order valence-electron chi connectivity index (χ4n) is 1.65. The van der Waals surface area contributed by atoms with Crippen molar-refractivity contribution in [2.45, 2.75) is 30.7 Å². The lowest BCUT2D eigenvalue weighted by atomic mass is 10.4. The van der Waals surface area contributed by atoms with Crippen molar-refractivity contribution >= 4 is 21.7 Å². The second-order valence-electron chi connectivity index (χ2n) is 4.55. The molecule has 1 aliphatic carbocycles. The van der Waals surface area contributed by atoms with Gasteiger partial charge in [0.15, 0.2) is 0 Å². The number of pyridine rings is 1. The third-order valence-electron chi connectivity index (χ3n) is 2.77. The maximum atomic E-state index is 12.2. The molecule has 2 rings (SSSR count). The van der Waals surface area contributed by atoms with Crippen molar-refractivity contribution in [2.24, 2.45) is 0 Å². The first-order valence-electron chi connectivity index (χ1n) is 6.51. The van der Waals surface area contributed by atoms with Crippen LogP contribution in [0, 0.1) is 0 Å². The quantitative estimate of drug-likeness (QED) is 0.661. The average Bonchev–Trinajstić information content (AvgIpc) is 3.21. The van der Waals surface area contributed by atoms with E-state index in [1.54, 1.807) is 6.07 Å². The molecule has 0 unspecified atom stereocenters. The molecule has 0 bridgehead atoms. The van der Waals surface area contributed by atoms with Gasteiger partial charge in [-0.15, -0.1) is 0 Å². The van der Waals surface area contributed by atoms with Gasteiger partial charge in [0.25, 0.3) is 0 Å². The van der Waals surface area contributed by atoms with Crippen LogP contribution in [-0.4, -0.2) is 38.4 Å². The predicted molar refractivity (Wildman–Crippen MR) is 74.8 cm³/mol. The molecule has 0 saturated heterocycles. The largest absolute Gasteiger partial charge is 0.369 e. The van der Waals surface area contributed by atoms with Crippen LogP contribution in [0.3, 0.4) is 0 Å². The first-order chi connectivity index (χ1) is 9.53. The van der Waals surface area contributed by atoms with Gasteiger partial charge in [0.2, 0.25) is 15.9 Å². The maximum Gasteiger partial charge on any atom is 0.244 e. The number of aromatic nitrogens is 1. The molecule has 1 aromatic heterocycles. The summed E-state index contributed by atoms with van der Waals surface area (Å²) in [6, 6.07) is 3.20. The summed E-state index contributed by atoms with van der Waals surface area (Å²) in [7, 11) is -3.76. The Hall–Kier alpha value is -1.67. The van der Waals surface area contributed by atoms with Gasteiger partial charge in [-0.25, -0.2) is 18.1 Å². The topological polar surface area (TPSA) is 100 Å². The molecular formula is C12H18N4O3S. The van der Waals surface area contributed by atoms with Crippen LogP contribution < -0.4 is 15.4 Å². The standard InChI is InChI=1S/C12H18N4O3S/c1-2-13-12-10(4-3-7-14-12)20(18,19)15-8-11(17)16-9-5-6-9/h3-4,7,9,15H,2,5-6,8H2,1H3,(H,13,14)(H,16,17). The number of rotatable bonds is 7. The fourth-order valence-corrected chi connectivity index (χ4v) is 2.77. The van der Waals surface area contributed by atoms with Crippen LogP contribution in [0.25, 0.3) is 0 Å². The highest BCUT2D eigenvalue weighted by Gasteiger charge is 2.25. The minimum absolute atomic E-state index is 0.0427. The first-order valence-corrected chi connectivity index (χ1v) is 7.99. The van der Waals surface area contributed by atoms with Gasteiger partial charge in [-0.1, -0.05) is 0 Å². The highest BCUT2D eigenvalue weighted by atomic mass is 32.2. The predicted octanol–water partition coefficient (Wildman–Crippen LogP) is 0.0703. The van der Waals surface area contributed by atoms with Crippen molar-refractivity contribution in [2.75, 3.05) is 18.4 Å². The van der Waals surface area contributed by atoms with E-state index in [0.29, 0.717) is 6.54 Å². The molecule has 1 saturated carbocycles. The molecule has 1 aromatic rings. The third kappa shape index (κ3) is 3.91. The SMILES string of the molecule is CCNc1ncccc1S(=O)(=O)NCC(=O)NC1CC1. The molecule has 1 amide bonds. The summed E-state index contributed by atoms with van der Waals surface area (Å²) in [5, 5.41) is 5.60. The minimum Gasteiger partial charge on any atom is -0.369 e. The van der Waals surface area contributed by atoms with E-state index in [2.05, 4.69) is 20.3 Å². The van der Waals surface area contributed by atoms with Gasteiger partial charge < -0.3 is 10.6 Å². The Bertz CT molecular complexity index is 584. The summed E-state index contributed by atoms with van der Waals surface area (Å²) in [4.78, 5) is 15.5. The second-order valence-corrected chi connectivity index (χ2v) is 6.28. The molecule has 8 heteroatoms. The van der Waals surface area contributed by atoms with Crippen molar-refractivity contribution in [3.05, 3.63) is 18.3 Å². The molecule has 20 heavy (non-hydrogen) atoms. The van der Waals surface area contributed by atoms with Crippen LogP contribution in [0.1, 0.15) is 19.8 Å². The molecule has 3 N–H and O–H groups in total. The van der Waals surface area contributed by atoms with Gasteiger partial charge >= 0.3 is 0 Å². The summed E-state index contributed by atoms with van der Waals surface area (Å²) in [6.07, 6.45) is 3.44. The average molecular weight is 298 g/mol. The lowest BCUT2D eigenvalue weighted by Gasteiger charge is -2.11. The Kier molecular flexibility index (Phi) is 4.56. The molecule has 0 radical (unpaired) electrons. The van der Waals surface area contributed by atoms with E-state index in [-0.39, 0.29) is 29.2 Å². The number of nitrogens with zero attached hydrogens (tertiary/aromatic N) is 1. The summed E-state index contributed by atoms with van der Waals surface area (Å²) >= 11 is 0. The van der Waals surface area contributed by atoms with Crippen molar-refractivity contribution in [1.82, 2.24) is 15.0 Å². The van der Waals surface area contributed by atoms with Gasteiger partial charge in [-0.05, 0) is 31.9 Å². The number of amides is 1. The van der Waals surface area contributed by atoms with Gasteiger partial charge in [0.05, 0.1) is 6.54 Å². The minimum atomic E-state index is -3.76. The monoisotopic (exact) mass is 298 g/mol. The lowest BCUT2D eigenvalue weighted by Crippen LogP contribution is -2.38. The number of sulfonamides is 1. The van der Waals surface area contributed by atoms with Gasteiger partial charge in [0.1, 0.15) is 10.7 Å². The van der Waals surface area contributed by atoms with Crippen molar-refractivity contribution in [3.8, 4) is 0 Å². The second kappa shape index (κ2) is 6.19. The Balaban J connectivity index is 2.03. The van der Waals surface area contributed by atoms with Gasteiger partial charge in [0, 0.05) is 18.8 Å². The van der Waals surface area contributed by atoms with Crippen LogP contribution in [0.5, 0.6) is 0 Å². The van der Waals surface area contributed by atoms with Crippen LogP contribution in [0.15, 0.2) is 23.2 Å². The number of anilines is 1. The van der Waals surface area contributed by atoms with Crippen LogP contribution in [0.4, 0.5) is 5.82 Å². The van der Waals surface area contributed by atoms with Gasteiger partial charge in [-0.2, -0.15) is 0 Å². The fraction of sp³-hybridized carbons (Fsp3) is 0.500.